The number of ether oxygens (including phenoxy) is 1. The van der Waals surface area contributed by atoms with E-state index in [-0.39, 0.29) is 11.8 Å². The first kappa shape index (κ1) is 14.5. The Morgan fingerprint density at radius 1 is 1.48 bits per heavy atom. The van der Waals surface area contributed by atoms with Crippen molar-refractivity contribution < 1.29 is 9.53 Å². The van der Waals surface area contributed by atoms with Gasteiger partial charge in [0.2, 0.25) is 0 Å². The van der Waals surface area contributed by atoms with Gasteiger partial charge in [0, 0.05) is 19.1 Å². The second kappa shape index (κ2) is 6.12. The number of carbonyl (C=O) groups excluding carboxylic acids is 1. The molecule has 112 valence electrons. The van der Waals surface area contributed by atoms with E-state index in [0.29, 0.717) is 13.2 Å². The molecule has 0 saturated heterocycles. The molecule has 0 atom stereocenters. The molecule has 1 saturated carbocycles. The van der Waals surface area contributed by atoms with E-state index in [1.54, 1.807) is 11.3 Å². The number of amides is 1. The minimum Gasteiger partial charge on any atom is -0.380 e. The third-order valence-electron chi connectivity index (χ3n) is 3.70. The molecular formula is C16H20N2O2S. The van der Waals surface area contributed by atoms with Gasteiger partial charge in [-0.25, -0.2) is 0 Å². The van der Waals surface area contributed by atoms with Crippen LogP contribution in [0.3, 0.4) is 0 Å². The molecule has 1 fully saturated rings. The highest BCUT2D eigenvalue weighted by molar-refractivity contribution is 7.16. The Kier molecular flexibility index (Phi) is 4.22. The van der Waals surface area contributed by atoms with E-state index in [4.69, 9.17) is 4.74 Å². The second-order valence-corrected chi connectivity index (χ2v) is 6.39. The molecular weight excluding hydrogens is 284 g/mol. The molecule has 3 rings (SSSR count). The van der Waals surface area contributed by atoms with Crippen molar-refractivity contribution in [2.75, 3.05) is 13.2 Å². The lowest BCUT2D eigenvalue weighted by Crippen LogP contribution is -2.20. The normalized spacial score (nSPS) is 15.8. The highest BCUT2D eigenvalue weighted by Gasteiger charge is 2.29. The maximum Gasteiger partial charge on any atom is 0.251 e. The number of benzene rings is 1. The highest BCUT2D eigenvalue weighted by Crippen LogP contribution is 2.30. The number of carbonyl (C=O) groups is 1. The molecule has 0 radical (unpaired) electrons. The van der Waals surface area contributed by atoms with Crippen LogP contribution >= 0.6 is 11.3 Å². The molecule has 5 heteroatoms. The van der Waals surface area contributed by atoms with Gasteiger partial charge in [-0.3, -0.25) is 4.79 Å². The van der Waals surface area contributed by atoms with Crippen LogP contribution in [0.5, 0.6) is 0 Å². The van der Waals surface area contributed by atoms with E-state index >= 15 is 0 Å². The molecule has 0 unspecified atom stereocenters. The van der Waals surface area contributed by atoms with E-state index in [0.717, 1.165) is 24.2 Å². The summed E-state index contributed by atoms with van der Waals surface area (Å²) in [6, 6.07) is 6.23. The summed E-state index contributed by atoms with van der Waals surface area (Å²) in [5.41, 5.74) is 2.38. The molecule has 2 aromatic rings. The number of hydrogen-bond donors (Lipinski definition) is 0. The first-order valence-electron chi connectivity index (χ1n) is 7.46. The van der Waals surface area contributed by atoms with Crippen molar-refractivity contribution >= 4 is 27.5 Å². The molecule has 1 aliphatic rings. The number of aromatic nitrogens is 1. The third kappa shape index (κ3) is 3.09. The molecule has 1 aromatic carbocycles. The van der Waals surface area contributed by atoms with Crippen LogP contribution in [-0.2, 0) is 16.1 Å². The third-order valence-corrected chi connectivity index (χ3v) is 4.74. The lowest BCUT2D eigenvalue weighted by molar-refractivity contribution is -0.119. The predicted molar refractivity (Wildman–Crippen MR) is 84.3 cm³/mol. The van der Waals surface area contributed by atoms with Crippen molar-refractivity contribution in [3.05, 3.63) is 28.6 Å². The van der Waals surface area contributed by atoms with Crippen LogP contribution in [0.1, 0.15) is 25.3 Å². The Morgan fingerprint density at radius 3 is 3.00 bits per heavy atom. The highest BCUT2D eigenvalue weighted by atomic mass is 32.1. The van der Waals surface area contributed by atoms with Gasteiger partial charge in [0.25, 0.3) is 5.91 Å². The van der Waals surface area contributed by atoms with E-state index in [1.807, 2.05) is 13.0 Å². The molecule has 1 amide bonds. The number of aryl methyl sites for hydroxylation is 1. The van der Waals surface area contributed by atoms with Crippen molar-refractivity contribution in [3.8, 4) is 0 Å². The van der Waals surface area contributed by atoms with E-state index in [9.17, 15) is 4.79 Å². The summed E-state index contributed by atoms with van der Waals surface area (Å²) in [4.78, 5) is 17.2. The van der Waals surface area contributed by atoms with E-state index < -0.39 is 0 Å². The van der Waals surface area contributed by atoms with Crippen LogP contribution in [0.4, 0.5) is 0 Å². The van der Waals surface area contributed by atoms with Crippen molar-refractivity contribution in [2.45, 2.75) is 33.2 Å². The van der Waals surface area contributed by atoms with Crippen LogP contribution in [0.15, 0.2) is 23.2 Å². The minimum absolute atomic E-state index is 0.0318. The predicted octanol–water partition coefficient (Wildman–Crippen LogP) is 2.89. The first-order chi connectivity index (χ1) is 10.2. The summed E-state index contributed by atoms with van der Waals surface area (Å²) >= 11 is 1.59. The number of fused-ring (bicyclic) bond motifs is 1. The molecule has 0 N–H and O–H groups in total. The molecule has 0 aliphatic heterocycles. The number of rotatable bonds is 5. The Hall–Kier alpha value is -1.46. The van der Waals surface area contributed by atoms with Crippen LogP contribution in [0.2, 0.25) is 0 Å². The SMILES string of the molecule is CCOCCn1c(=NC(=O)C2CC2)sc2cccc(C)c21. The Bertz CT molecular complexity index is 725. The molecule has 1 aliphatic carbocycles. The van der Waals surface area contributed by atoms with Gasteiger partial charge in [-0.1, -0.05) is 23.5 Å². The Labute approximate surface area is 128 Å². The van der Waals surface area contributed by atoms with Gasteiger partial charge >= 0.3 is 0 Å². The first-order valence-corrected chi connectivity index (χ1v) is 8.27. The van der Waals surface area contributed by atoms with Crippen molar-refractivity contribution in [1.29, 1.82) is 0 Å². The van der Waals surface area contributed by atoms with Gasteiger partial charge < -0.3 is 9.30 Å². The van der Waals surface area contributed by atoms with Crippen LogP contribution < -0.4 is 4.80 Å². The van der Waals surface area contributed by atoms with Gasteiger partial charge in [0.15, 0.2) is 4.80 Å². The van der Waals surface area contributed by atoms with E-state index in [1.165, 1.54) is 15.8 Å². The standard InChI is InChI=1S/C16H20N2O2S/c1-3-20-10-9-18-14-11(2)5-4-6-13(14)21-16(18)17-15(19)12-7-8-12/h4-6,12H,3,7-10H2,1-2H3. The number of nitrogens with zero attached hydrogens (tertiary/aromatic N) is 2. The number of thiazole rings is 1. The zero-order valence-corrected chi connectivity index (χ0v) is 13.3. The summed E-state index contributed by atoms with van der Waals surface area (Å²) in [6.45, 7) is 6.16. The summed E-state index contributed by atoms with van der Waals surface area (Å²) in [6.07, 6.45) is 1.98. The van der Waals surface area contributed by atoms with Crippen molar-refractivity contribution in [1.82, 2.24) is 4.57 Å². The molecule has 21 heavy (non-hydrogen) atoms. The van der Waals surface area contributed by atoms with Gasteiger partial charge in [0.1, 0.15) is 0 Å². The smallest absolute Gasteiger partial charge is 0.251 e. The average Bonchev–Trinajstić information content (AvgIpc) is 3.24. The fourth-order valence-corrected chi connectivity index (χ4v) is 3.56. The maximum absolute atomic E-state index is 12.0. The molecule has 0 bridgehead atoms. The number of hydrogen-bond acceptors (Lipinski definition) is 3. The lowest BCUT2D eigenvalue weighted by Gasteiger charge is -2.07. The van der Waals surface area contributed by atoms with Gasteiger partial charge in [-0.05, 0) is 38.3 Å². The summed E-state index contributed by atoms with van der Waals surface area (Å²) in [5.74, 6) is 0.195. The lowest BCUT2D eigenvalue weighted by atomic mass is 10.2. The number of para-hydroxylation sites is 1. The fraction of sp³-hybridized carbons (Fsp3) is 0.500. The molecule has 0 spiro atoms. The van der Waals surface area contributed by atoms with Crippen molar-refractivity contribution in [2.24, 2.45) is 10.9 Å². The summed E-state index contributed by atoms with van der Waals surface area (Å²) < 4.78 is 8.78. The van der Waals surface area contributed by atoms with Crippen molar-refractivity contribution in [3.63, 3.8) is 0 Å². The Morgan fingerprint density at radius 2 is 2.29 bits per heavy atom. The van der Waals surface area contributed by atoms with Crippen LogP contribution in [-0.4, -0.2) is 23.7 Å². The van der Waals surface area contributed by atoms with Gasteiger partial charge in [-0.15, -0.1) is 0 Å². The van der Waals surface area contributed by atoms with E-state index in [2.05, 4.69) is 28.6 Å². The molecule has 4 nitrogen and oxygen atoms in total. The Balaban J connectivity index is 2.06. The van der Waals surface area contributed by atoms with Crippen LogP contribution in [0, 0.1) is 12.8 Å². The minimum atomic E-state index is 0.0318. The summed E-state index contributed by atoms with van der Waals surface area (Å²) in [5, 5.41) is 0. The molecule has 1 aromatic heterocycles. The maximum atomic E-state index is 12.0. The second-order valence-electron chi connectivity index (χ2n) is 5.38. The largest absolute Gasteiger partial charge is 0.380 e. The zero-order valence-electron chi connectivity index (χ0n) is 12.5. The monoisotopic (exact) mass is 304 g/mol. The average molecular weight is 304 g/mol. The van der Waals surface area contributed by atoms with Gasteiger partial charge in [-0.2, -0.15) is 4.99 Å². The molecule has 1 heterocycles. The van der Waals surface area contributed by atoms with Crippen LogP contribution in [0.25, 0.3) is 10.2 Å². The fourth-order valence-electron chi connectivity index (χ4n) is 2.42. The topological polar surface area (TPSA) is 43.6 Å². The zero-order chi connectivity index (χ0) is 14.8. The summed E-state index contributed by atoms with van der Waals surface area (Å²) in [7, 11) is 0. The van der Waals surface area contributed by atoms with Gasteiger partial charge in [0.05, 0.1) is 16.8 Å². The quantitative estimate of drug-likeness (QED) is 0.797.